The van der Waals surface area contributed by atoms with Crippen molar-refractivity contribution in [1.29, 1.82) is 0 Å². The van der Waals surface area contributed by atoms with Crippen molar-refractivity contribution in [2.75, 3.05) is 20.1 Å². The van der Waals surface area contributed by atoms with Crippen LogP contribution in [0.5, 0.6) is 5.75 Å². The SMILES string of the molecule is CCC(Oc1ccccc1C(C)C)C(=O)N1CCCC(NC)C1. The number of likely N-dealkylation sites (tertiary alicyclic amines) is 1. The van der Waals surface area contributed by atoms with Crippen LogP contribution in [0.25, 0.3) is 0 Å². The summed E-state index contributed by atoms with van der Waals surface area (Å²) in [6.07, 6.45) is 2.47. The van der Waals surface area contributed by atoms with E-state index in [1.54, 1.807) is 0 Å². The lowest BCUT2D eigenvalue weighted by atomic mass is 10.0. The van der Waals surface area contributed by atoms with Crippen LogP contribution in [0.15, 0.2) is 24.3 Å². The van der Waals surface area contributed by atoms with Gasteiger partial charge in [0.25, 0.3) is 5.91 Å². The fourth-order valence-corrected chi connectivity index (χ4v) is 3.14. The van der Waals surface area contributed by atoms with Crippen LogP contribution in [0.2, 0.25) is 0 Å². The molecule has 0 bridgehead atoms. The predicted octanol–water partition coefficient (Wildman–Crippen LogP) is 3.18. The molecule has 128 valence electrons. The zero-order valence-electron chi connectivity index (χ0n) is 14.8. The van der Waals surface area contributed by atoms with E-state index < -0.39 is 6.10 Å². The van der Waals surface area contributed by atoms with E-state index in [9.17, 15) is 4.79 Å². The lowest BCUT2D eigenvalue weighted by molar-refractivity contribution is -0.140. The molecule has 1 aromatic rings. The minimum atomic E-state index is -0.398. The van der Waals surface area contributed by atoms with Crippen molar-refractivity contribution in [2.24, 2.45) is 0 Å². The molecular formula is C19H30N2O2. The molecule has 0 spiro atoms. The molecule has 0 radical (unpaired) electrons. The maximum atomic E-state index is 12.8. The number of nitrogens with one attached hydrogen (secondary N) is 1. The number of likely N-dealkylation sites (N-methyl/N-ethyl adjacent to an activating group) is 1. The largest absolute Gasteiger partial charge is 0.480 e. The number of carbonyl (C=O) groups excluding carboxylic acids is 1. The van der Waals surface area contributed by atoms with Crippen LogP contribution in [0.4, 0.5) is 0 Å². The van der Waals surface area contributed by atoms with Crippen LogP contribution in [-0.4, -0.2) is 43.1 Å². The van der Waals surface area contributed by atoms with Crippen LogP contribution in [0, 0.1) is 0 Å². The molecule has 4 heteroatoms. The van der Waals surface area contributed by atoms with Crippen molar-refractivity contribution in [3.8, 4) is 5.75 Å². The smallest absolute Gasteiger partial charge is 0.263 e. The fraction of sp³-hybridized carbons (Fsp3) is 0.632. The molecule has 1 fully saturated rings. The first-order chi connectivity index (χ1) is 11.1. The molecule has 2 rings (SSSR count). The molecule has 1 aliphatic rings. The lowest BCUT2D eigenvalue weighted by Gasteiger charge is -2.34. The highest BCUT2D eigenvalue weighted by Crippen LogP contribution is 2.27. The molecule has 1 aliphatic heterocycles. The summed E-state index contributed by atoms with van der Waals surface area (Å²) in [5.74, 6) is 1.33. The molecule has 0 aliphatic carbocycles. The summed E-state index contributed by atoms with van der Waals surface area (Å²) in [5, 5.41) is 3.28. The lowest BCUT2D eigenvalue weighted by Crippen LogP contribution is -2.51. The molecule has 1 saturated heterocycles. The Bertz CT molecular complexity index is 516. The average molecular weight is 318 g/mol. The molecule has 0 aromatic heterocycles. The second kappa shape index (κ2) is 8.34. The summed E-state index contributed by atoms with van der Waals surface area (Å²) in [6, 6.07) is 8.43. The highest BCUT2D eigenvalue weighted by molar-refractivity contribution is 5.81. The molecule has 2 atom stereocenters. The Hall–Kier alpha value is -1.55. The minimum Gasteiger partial charge on any atom is -0.480 e. The number of para-hydroxylation sites is 1. The van der Waals surface area contributed by atoms with Gasteiger partial charge in [0, 0.05) is 19.1 Å². The van der Waals surface area contributed by atoms with E-state index in [0.29, 0.717) is 18.4 Å². The third-order valence-corrected chi connectivity index (χ3v) is 4.60. The van der Waals surface area contributed by atoms with Crippen LogP contribution in [0.3, 0.4) is 0 Å². The molecule has 23 heavy (non-hydrogen) atoms. The first-order valence-electron chi connectivity index (χ1n) is 8.78. The Morgan fingerprint density at radius 2 is 2.13 bits per heavy atom. The quantitative estimate of drug-likeness (QED) is 0.876. The number of hydrogen-bond acceptors (Lipinski definition) is 3. The maximum absolute atomic E-state index is 12.8. The van der Waals surface area contributed by atoms with E-state index in [-0.39, 0.29) is 5.91 Å². The predicted molar refractivity (Wildman–Crippen MR) is 93.9 cm³/mol. The van der Waals surface area contributed by atoms with Crippen molar-refractivity contribution in [2.45, 2.75) is 58.1 Å². The zero-order chi connectivity index (χ0) is 16.8. The molecule has 4 nitrogen and oxygen atoms in total. The van der Waals surface area contributed by atoms with Gasteiger partial charge in [0.2, 0.25) is 0 Å². The molecule has 1 amide bonds. The Morgan fingerprint density at radius 1 is 1.39 bits per heavy atom. The number of rotatable bonds is 6. The van der Waals surface area contributed by atoms with Crippen molar-refractivity contribution in [3.05, 3.63) is 29.8 Å². The fourth-order valence-electron chi connectivity index (χ4n) is 3.14. The van der Waals surface area contributed by atoms with Gasteiger partial charge in [0.15, 0.2) is 6.10 Å². The van der Waals surface area contributed by atoms with Gasteiger partial charge in [-0.15, -0.1) is 0 Å². The van der Waals surface area contributed by atoms with E-state index in [0.717, 1.165) is 37.2 Å². The monoisotopic (exact) mass is 318 g/mol. The Labute approximate surface area is 140 Å². The Morgan fingerprint density at radius 3 is 2.78 bits per heavy atom. The van der Waals surface area contributed by atoms with Crippen molar-refractivity contribution >= 4 is 5.91 Å². The second-order valence-electron chi connectivity index (χ2n) is 6.62. The number of hydrogen-bond donors (Lipinski definition) is 1. The van der Waals surface area contributed by atoms with Gasteiger partial charge in [-0.2, -0.15) is 0 Å². The van der Waals surface area contributed by atoms with Gasteiger partial charge in [-0.1, -0.05) is 39.0 Å². The number of piperidine rings is 1. The molecule has 2 unspecified atom stereocenters. The average Bonchev–Trinajstić information content (AvgIpc) is 2.59. The van der Waals surface area contributed by atoms with Gasteiger partial charge in [0.05, 0.1) is 0 Å². The summed E-state index contributed by atoms with van der Waals surface area (Å²) >= 11 is 0. The molecule has 0 saturated carbocycles. The topological polar surface area (TPSA) is 41.6 Å². The van der Waals surface area contributed by atoms with E-state index in [1.807, 2.05) is 37.1 Å². The van der Waals surface area contributed by atoms with E-state index in [2.05, 4.69) is 25.2 Å². The number of amides is 1. The number of carbonyl (C=O) groups is 1. The van der Waals surface area contributed by atoms with Crippen molar-refractivity contribution in [3.63, 3.8) is 0 Å². The van der Waals surface area contributed by atoms with Gasteiger partial charge >= 0.3 is 0 Å². The van der Waals surface area contributed by atoms with Crippen molar-refractivity contribution < 1.29 is 9.53 Å². The van der Waals surface area contributed by atoms with Gasteiger partial charge < -0.3 is 15.0 Å². The maximum Gasteiger partial charge on any atom is 0.263 e. The standard InChI is InChI=1S/C19H30N2O2/c1-5-17(19(22)21-12-8-9-15(13-21)20-4)23-18-11-7-6-10-16(18)14(2)3/h6-7,10-11,14-15,17,20H,5,8-9,12-13H2,1-4H3. The summed E-state index contributed by atoms with van der Waals surface area (Å²) in [7, 11) is 1.96. The normalized spacial score (nSPS) is 19.7. The number of benzene rings is 1. The Kier molecular flexibility index (Phi) is 6.46. The highest BCUT2D eigenvalue weighted by atomic mass is 16.5. The van der Waals surface area contributed by atoms with E-state index in [1.165, 1.54) is 0 Å². The first-order valence-corrected chi connectivity index (χ1v) is 8.78. The first kappa shape index (κ1) is 17.8. The van der Waals surface area contributed by atoms with Crippen LogP contribution >= 0.6 is 0 Å². The summed E-state index contributed by atoms with van der Waals surface area (Å²) in [4.78, 5) is 14.8. The molecule has 1 aromatic carbocycles. The van der Waals surface area contributed by atoms with E-state index >= 15 is 0 Å². The summed E-state index contributed by atoms with van der Waals surface area (Å²) in [5.41, 5.74) is 1.16. The second-order valence-corrected chi connectivity index (χ2v) is 6.62. The number of ether oxygens (including phenoxy) is 1. The molecular weight excluding hydrogens is 288 g/mol. The van der Waals surface area contributed by atoms with E-state index in [4.69, 9.17) is 4.74 Å². The summed E-state index contributed by atoms with van der Waals surface area (Å²) in [6.45, 7) is 7.92. The van der Waals surface area contributed by atoms with Crippen LogP contribution in [-0.2, 0) is 4.79 Å². The molecule has 1 N–H and O–H groups in total. The van der Waals surface area contributed by atoms with Gasteiger partial charge in [-0.05, 0) is 43.9 Å². The van der Waals surface area contributed by atoms with Gasteiger partial charge in [-0.3, -0.25) is 4.79 Å². The number of nitrogens with zero attached hydrogens (tertiary/aromatic N) is 1. The zero-order valence-corrected chi connectivity index (χ0v) is 14.8. The van der Waals surface area contributed by atoms with Gasteiger partial charge in [0.1, 0.15) is 5.75 Å². The van der Waals surface area contributed by atoms with Crippen LogP contribution in [0.1, 0.15) is 51.5 Å². The third-order valence-electron chi connectivity index (χ3n) is 4.60. The van der Waals surface area contributed by atoms with Crippen molar-refractivity contribution in [1.82, 2.24) is 10.2 Å². The van der Waals surface area contributed by atoms with Crippen LogP contribution < -0.4 is 10.1 Å². The summed E-state index contributed by atoms with van der Waals surface area (Å²) < 4.78 is 6.13. The minimum absolute atomic E-state index is 0.117. The Balaban J connectivity index is 2.09. The molecule has 1 heterocycles. The van der Waals surface area contributed by atoms with Gasteiger partial charge in [-0.25, -0.2) is 0 Å². The third kappa shape index (κ3) is 4.47. The highest BCUT2D eigenvalue weighted by Gasteiger charge is 2.29.